The highest BCUT2D eigenvalue weighted by Gasteiger charge is 2.35. The summed E-state index contributed by atoms with van der Waals surface area (Å²) in [6.45, 7) is 2.50. The molecule has 0 bridgehead atoms. The number of rotatable bonds is 11. The van der Waals surface area contributed by atoms with E-state index in [0.29, 0.717) is 47.4 Å². The van der Waals surface area contributed by atoms with Gasteiger partial charge in [-0.1, -0.05) is 0 Å². The van der Waals surface area contributed by atoms with E-state index >= 15 is 4.39 Å². The number of pyridine rings is 1. The molecule has 0 unspecified atom stereocenters. The molecule has 0 radical (unpaired) electrons. The zero-order valence-corrected chi connectivity index (χ0v) is 21.1. The first-order valence-electron chi connectivity index (χ1n) is 12.6. The van der Waals surface area contributed by atoms with Gasteiger partial charge in [0.1, 0.15) is 35.9 Å². The molecule has 1 aliphatic heterocycles. The van der Waals surface area contributed by atoms with Gasteiger partial charge in [-0.2, -0.15) is 0 Å². The lowest BCUT2D eigenvalue weighted by Crippen LogP contribution is -2.43. The zero-order valence-electron chi connectivity index (χ0n) is 21.1. The predicted molar refractivity (Wildman–Crippen MR) is 136 cm³/mol. The molecule has 0 spiro atoms. The van der Waals surface area contributed by atoms with E-state index < -0.39 is 17.8 Å². The van der Waals surface area contributed by atoms with Crippen LogP contribution in [0.2, 0.25) is 0 Å². The van der Waals surface area contributed by atoms with Crippen LogP contribution in [0.4, 0.5) is 13.2 Å². The first-order chi connectivity index (χ1) is 17.9. The molecule has 37 heavy (non-hydrogen) atoms. The van der Waals surface area contributed by atoms with E-state index in [-0.39, 0.29) is 30.7 Å². The van der Waals surface area contributed by atoms with Crippen LogP contribution >= 0.6 is 0 Å². The molecule has 1 aromatic heterocycles. The molecular formula is C28H34F3N3O3. The molecule has 2 aromatic carbocycles. The van der Waals surface area contributed by atoms with Gasteiger partial charge in [-0.3, -0.25) is 9.88 Å². The highest BCUT2D eigenvalue weighted by atomic mass is 19.1. The largest absolute Gasteiger partial charge is 0.497 e. The van der Waals surface area contributed by atoms with Gasteiger partial charge >= 0.3 is 0 Å². The Morgan fingerprint density at radius 3 is 2.49 bits per heavy atom. The smallest absolute Gasteiger partial charge is 0.129 e. The Kier molecular flexibility index (Phi) is 8.89. The van der Waals surface area contributed by atoms with Crippen molar-refractivity contribution < 1.29 is 27.8 Å². The summed E-state index contributed by atoms with van der Waals surface area (Å²) < 4.78 is 53.3. The molecule has 0 aliphatic carbocycles. The Bertz CT molecular complexity index is 1180. The maximum Gasteiger partial charge on any atom is 0.129 e. The van der Waals surface area contributed by atoms with Crippen LogP contribution in [0.1, 0.15) is 43.0 Å². The molecule has 1 atom stereocenters. The van der Waals surface area contributed by atoms with Gasteiger partial charge in [0, 0.05) is 55.0 Å². The molecule has 200 valence electrons. The highest BCUT2D eigenvalue weighted by molar-refractivity contribution is 5.85. The predicted octanol–water partition coefficient (Wildman–Crippen LogP) is 4.92. The minimum Gasteiger partial charge on any atom is -0.497 e. The summed E-state index contributed by atoms with van der Waals surface area (Å²) in [6, 6.07) is 8.51. The van der Waals surface area contributed by atoms with Crippen LogP contribution in [-0.4, -0.2) is 54.9 Å². The third-order valence-corrected chi connectivity index (χ3v) is 7.43. The number of methoxy groups -OCH3 is 1. The van der Waals surface area contributed by atoms with Crippen molar-refractivity contribution in [3.63, 3.8) is 0 Å². The van der Waals surface area contributed by atoms with Crippen LogP contribution in [0.15, 0.2) is 42.6 Å². The monoisotopic (exact) mass is 517 g/mol. The number of aliphatic hydroxyl groups is 1. The number of alkyl halides is 1. The van der Waals surface area contributed by atoms with Gasteiger partial charge in [0.15, 0.2) is 0 Å². The van der Waals surface area contributed by atoms with E-state index in [1.165, 1.54) is 0 Å². The average Bonchev–Trinajstić information content (AvgIpc) is 2.91. The van der Waals surface area contributed by atoms with Crippen LogP contribution in [0.5, 0.6) is 11.5 Å². The SMILES string of the molecule is COc1ccc2ncc(CN)c([C@@H](F)CCC3(CO)CCN(CCOc4cc(F)cc(F)c4)CC3)c2c1. The van der Waals surface area contributed by atoms with E-state index in [2.05, 4.69) is 9.88 Å². The number of likely N-dealkylation sites (tertiary alicyclic amines) is 1. The van der Waals surface area contributed by atoms with Crippen molar-refractivity contribution in [3.8, 4) is 11.5 Å². The van der Waals surface area contributed by atoms with Crippen molar-refractivity contribution in [2.24, 2.45) is 11.1 Å². The fraction of sp³-hybridized carbons (Fsp3) is 0.464. The van der Waals surface area contributed by atoms with Gasteiger partial charge in [0.05, 0.1) is 12.6 Å². The van der Waals surface area contributed by atoms with Gasteiger partial charge in [-0.05, 0) is 68.0 Å². The van der Waals surface area contributed by atoms with Gasteiger partial charge < -0.3 is 20.3 Å². The minimum atomic E-state index is -1.25. The van der Waals surface area contributed by atoms with E-state index in [0.717, 1.165) is 44.1 Å². The van der Waals surface area contributed by atoms with E-state index in [4.69, 9.17) is 15.2 Å². The summed E-state index contributed by atoms with van der Waals surface area (Å²) >= 11 is 0. The van der Waals surface area contributed by atoms with Crippen LogP contribution in [0.3, 0.4) is 0 Å². The third-order valence-electron chi connectivity index (χ3n) is 7.43. The van der Waals surface area contributed by atoms with Crippen LogP contribution in [0.25, 0.3) is 10.9 Å². The molecule has 0 amide bonds. The molecule has 1 saturated heterocycles. The van der Waals surface area contributed by atoms with Crippen molar-refractivity contribution in [2.45, 2.75) is 38.4 Å². The molecule has 6 nitrogen and oxygen atoms in total. The average molecular weight is 518 g/mol. The number of ether oxygens (including phenoxy) is 2. The second-order valence-corrected chi connectivity index (χ2v) is 9.74. The van der Waals surface area contributed by atoms with Crippen molar-refractivity contribution in [2.75, 3.05) is 40.0 Å². The molecule has 4 rings (SSSR count). The van der Waals surface area contributed by atoms with E-state index in [1.54, 1.807) is 25.4 Å². The van der Waals surface area contributed by atoms with Gasteiger partial charge in [-0.25, -0.2) is 13.2 Å². The fourth-order valence-corrected chi connectivity index (χ4v) is 5.11. The quantitative estimate of drug-likeness (QED) is 0.376. The Morgan fingerprint density at radius 1 is 1.11 bits per heavy atom. The van der Waals surface area contributed by atoms with E-state index in [9.17, 15) is 13.9 Å². The number of nitrogens with two attached hydrogens (primary N) is 1. The second kappa shape index (κ2) is 12.1. The van der Waals surface area contributed by atoms with Crippen molar-refractivity contribution >= 4 is 10.9 Å². The van der Waals surface area contributed by atoms with Gasteiger partial charge in [0.2, 0.25) is 0 Å². The fourth-order valence-electron chi connectivity index (χ4n) is 5.11. The van der Waals surface area contributed by atoms with E-state index in [1.807, 2.05) is 6.07 Å². The molecule has 1 fully saturated rings. The Labute approximate surface area is 215 Å². The number of benzene rings is 2. The maximum absolute atomic E-state index is 15.8. The Balaban J connectivity index is 1.35. The van der Waals surface area contributed by atoms with Crippen LogP contribution in [0, 0.1) is 17.0 Å². The van der Waals surface area contributed by atoms with Gasteiger partial charge in [-0.15, -0.1) is 0 Å². The number of halogens is 3. The summed E-state index contributed by atoms with van der Waals surface area (Å²) in [6.07, 6.45) is 2.63. The first-order valence-corrected chi connectivity index (χ1v) is 12.6. The van der Waals surface area contributed by atoms with Crippen molar-refractivity contribution in [1.82, 2.24) is 9.88 Å². The minimum absolute atomic E-state index is 0.0126. The Hall–Kier alpha value is -2.88. The van der Waals surface area contributed by atoms with Crippen molar-refractivity contribution in [3.05, 3.63) is 65.4 Å². The lowest BCUT2D eigenvalue weighted by Gasteiger charge is -2.41. The lowest BCUT2D eigenvalue weighted by atomic mass is 9.74. The molecule has 3 N–H and O–H groups in total. The molecule has 3 aromatic rings. The molecule has 0 saturated carbocycles. The summed E-state index contributed by atoms with van der Waals surface area (Å²) in [5.41, 5.74) is 7.45. The van der Waals surface area contributed by atoms with Crippen LogP contribution in [-0.2, 0) is 6.54 Å². The number of aromatic nitrogens is 1. The standard InChI is InChI=1S/C28H34F3N3O3/c1-36-22-2-3-26-24(15-22)27(19(16-32)17-33-26)25(31)4-5-28(18-35)6-8-34(9-7-28)10-11-37-23-13-20(29)12-21(30)14-23/h2-3,12-15,17,25,35H,4-11,16,18,32H2,1H3/t25-/m0/s1. The lowest BCUT2D eigenvalue weighted by molar-refractivity contribution is 0.0265. The Morgan fingerprint density at radius 2 is 1.84 bits per heavy atom. The third kappa shape index (κ3) is 6.52. The maximum atomic E-state index is 15.8. The number of hydrogen-bond acceptors (Lipinski definition) is 6. The van der Waals surface area contributed by atoms with Crippen LogP contribution < -0.4 is 15.2 Å². The first kappa shape index (κ1) is 27.2. The summed E-state index contributed by atoms with van der Waals surface area (Å²) in [7, 11) is 1.57. The number of aliphatic hydroxyl groups excluding tert-OH is 1. The number of piperidine rings is 1. The molecular weight excluding hydrogens is 483 g/mol. The topological polar surface area (TPSA) is 80.8 Å². The number of hydrogen-bond donors (Lipinski definition) is 2. The molecule has 1 aliphatic rings. The normalized spacial score (nSPS) is 16.6. The summed E-state index contributed by atoms with van der Waals surface area (Å²) in [5, 5.41) is 10.9. The summed E-state index contributed by atoms with van der Waals surface area (Å²) in [4.78, 5) is 6.60. The number of fused-ring (bicyclic) bond motifs is 1. The second-order valence-electron chi connectivity index (χ2n) is 9.74. The molecule has 9 heteroatoms. The highest BCUT2D eigenvalue weighted by Crippen LogP contribution is 2.41. The zero-order chi connectivity index (χ0) is 26.4. The number of nitrogens with zero attached hydrogens (tertiary/aromatic N) is 2. The van der Waals surface area contributed by atoms with Crippen molar-refractivity contribution in [1.29, 1.82) is 0 Å². The molecule has 2 heterocycles. The summed E-state index contributed by atoms with van der Waals surface area (Å²) in [5.74, 6) is -0.567. The van der Waals surface area contributed by atoms with Gasteiger partial charge in [0.25, 0.3) is 0 Å².